The molecule has 0 radical (unpaired) electrons. The molecule has 1 fully saturated rings. The van der Waals surface area contributed by atoms with Crippen LogP contribution in [0.15, 0.2) is 16.6 Å². The van der Waals surface area contributed by atoms with Crippen molar-refractivity contribution >= 4 is 15.9 Å². The molecule has 0 aliphatic carbocycles. The molecule has 24 heavy (non-hydrogen) atoms. The van der Waals surface area contributed by atoms with Crippen LogP contribution in [0.2, 0.25) is 0 Å². The average Bonchev–Trinajstić information content (AvgIpc) is 2.62. The first-order valence-corrected chi connectivity index (χ1v) is 9.54. The van der Waals surface area contributed by atoms with Gasteiger partial charge < -0.3 is 19.5 Å². The molecular formula is C18H29BrN2O3. The van der Waals surface area contributed by atoms with Gasteiger partial charge in [0, 0.05) is 29.7 Å². The highest BCUT2D eigenvalue weighted by Crippen LogP contribution is 2.36. The van der Waals surface area contributed by atoms with E-state index in [-0.39, 0.29) is 0 Å². The second-order valence-electron chi connectivity index (χ2n) is 5.89. The number of hydrogen-bond acceptors (Lipinski definition) is 5. The second kappa shape index (κ2) is 10.9. The van der Waals surface area contributed by atoms with Crippen LogP contribution in [0.5, 0.6) is 11.5 Å². The molecule has 1 aromatic carbocycles. The lowest BCUT2D eigenvalue weighted by Gasteiger charge is -2.26. The van der Waals surface area contributed by atoms with Gasteiger partial charge in [0.1, 0.15) is 0 Å². The fraction of sp³-hybridized carbons (Fsp3) is 0.667. The Balaban J connectivity index is 1.83. The van der Waals surface area contributed by atoms with Gasteiger partial charge in [-0.05, 0) is 38.1 Å². The number of hydrogen-bond donors (Lipinski definition) is 1. The summed E-state index contributed by atoms with van der Waals surface area (Å²) in [7, 11) is 1.68. The zero-order valence-corrected chi connectivity index (χ0v) is 16.4. The van der Waals surface area contributed by atoms with Crippen LogP contribution in [-0.2, 0) is 11.3 Å². The zero-order valence-electron chi connectivity index (χ0n) is 14.8. The Morgan fingerprint density at radius 2 is 2.08 bits per heavy atom. The summed E-state index contributed by atoms with van der Waals surface area (Å²) in [6.07, 6.45) is 2.11. The maximum atomic E-state index is 5.92. The van der Waals surface area contributed by atoms with Gasteiger partial charge in [-0.1, -0.05) is 22.9 Å². The quantitative estimate of drug-likeness (QED) is 0.611. The molecule has 1 saturated heterocycles. The van der Waals surface area contributed by atoms with Crippen molar-refractivity contribution in [2.45, 2.75) is 26.3 Å². The van der Waals surface area contributed by atoms with Gasteiger partial charge in [-0.15, -0.1) is 0 Å². The summed E-state index contributed by atoms with van der Waals surface area (Å²) in [6, 6.07) is 3.96. The van der Waals surface area contributed by atoms with Crippen LogP contribution < -0.4 is 14.8 Å². The summed E-state index contributed by atoms with van der Waals surface area (Å²) in [4.78, 5) is 2.46. The Morgan fingerprint density at radius 1 is 1.29 bits per heavy atom. The molecule has 0 atom stereocenters. The van der Waals surface area contributed by atoms with Gasteiger partial charge in [-0.25, -0.2) is 0 Å². The van der Waals surface area contributed by atoms with E-state index in [1.165, 1.54) is 0 Å². The van der Waals surface area contributed by atoms with Crippen LogP contribution in [0, 0.1) is 0 Å². The monoisotopic (exact) mass is 400 g/mol. The van der Waals surface area contributed by atoms with Crippen LogP contribution in [0.4, 0.5) is 0 Å². The maximum Gasteiger partial charge on any atom is 0.166 e. The van der Waals surface area contributed by atoms with Crippen LogP contribution in [0.3, 0.4) is 0 Å². The van der Waals surface area contributed by atoms with E-state index < -0.39 is 0 Å². The number of nitrogens with one attached hydrogen (secondary N) is 1. The van der Waals surface area contributed by atoms with Crippen molar-refractivity contribution in [1.29, 1.82) is 0 Å². The van der Waals surface area contributed by atoms with Crippen molar-refractivity contribution in [2.24, 2.45) is 0 Å². The molecule has 0 bridgehead atoms. The smallest absolute Gasteiger partial charge is 0.166 e. The number of nitrogens with zero attached hydrogens (tertiary/aromatic N) is 1. The molecule has 1 aromatic rings. The third-order valence-corrected chi connectivity index (χ3v) is 4.81. The van der Waals surface area contributed by atoms with Gasteiger partial charge in [0.2, 0.25) is 0 Å². The summed E-state index contributed by atoms with van der Waals surface area (Å²) >= 11 is 3.64. The minimum Gasteiger partial charge on any atom is -0.493 e. The fourth-order valence-electron chi connectivity index (χ4n) is 2.74. The topological polar surface area (TPSA) is 43.0 Å². The lowest BCUT2D eigenvalue weighted by atomic mass is 10.1. The number of methoxy groups -OCH3 is 1. The number of benzene rings is 1. The van der Waals surface area contributed by atoms with Crippen molar-refractivity contribution in [3.8, 4) is 11.5 Å². The van der Waals surface area contributed by atoms with E-state index in [0.717, 1.165) is 80.3 Å². The standard InChI is InChI=1S/C18H29BrN2O3/c1-3-11-24-18-15(16(19)5-6-17(18)22-2)14-20-7-4-8-21-9-12-23-13-10-21/h5-6,20H,3-4,7-14H2,1-2H3. The Kier molecular flexibility index (Phi) is 8.88. The molecular weight excluding hydrogens is 372 g/mol. The highest BCUT2D eigenvalue weighted by atomic mass is 79.9. The molecule has 0 spiro atoms. The molecule has 2 rings (SSSR count). The number of rotatable bonds is 10. The fourth-order valence-corrected chi connectivity index (χ4v) is 3.19. The molecule has 6 heteroatoms. The van der Waals surface area contributed by atoms with E-state index in [0.29, 0.717) is 6.61 Å². The number of halogens is 1. The highest BCUT2D eigenvalue weighted by Gasteiger charge is 2.14. The normalized spacial score (nSPS) is 15.5. The maximum absolute atomic E-state index is 5.92. The Bertz CT molecular complexity index is 493. The predicted molar refractivity (Wildman–Crippen MR) is 100 cm³/mol. The molecule has 1 heterocycles. The SMILES string of the molecule is CCCOc1c(OC)ccc(Br)c1CNCCCN1CCOCC1. The first-order chi connectivity index (χ1) is 11.8. The molecule has 136 valence electrons. The third-order valence-electron chi connectivity index (χ3n) is 4.07. The summed E-state index contributed by atoms with van der Waals surface area (Å²) in [5, 5.41) is 3.53. The molecule has 5 nitrogen and oxygen atoms in total. The predicted octanol–water partition coefficient (Wildman–Crippen LogP) is 3.06. The Hall–Kier alpha value is -0.820. The van der Waals surface area contributed by atoms with Crippen molar-refractivity contribution in [3.63, 3.8) is 0 Å². The van der Waals surface area contributed by atoms with Crippen LogP contribution >= 0.6 is 15.9 Å². The molecule has 0 saturated carbocycles. The second-order valence-corrected chi connectivity index (χ2v) is 6.74. The van der Waals surface area contributed by atoms with E-state index in [1.807, 2.05) is 12.1 Å². The summed E-state index contributed by atoms with van der Waals surface area (Å²) in [6.45, 7) is 9.49. The van der Waals surface area contributed by atoms with Crippen molar-refractivity contribution in [1.82, 2.24) is 10.2 Å². The van der Waals surface area contributed by atoms with E-state index >= 15 is 0 Å². The van der Waals surface area contributed by atoms with Crippen LogP contribution in [0.25, 0.3) is 0 Å². The first-order valence-electron chi connectivity index (χ1n) is 8.75. The molecule has 0 unspecified atom stereocenters. The molecule has 1 aliphatic heterocycles. The van der Waals surface area contributed by atoms with E-state index in [2.05, 4.69) is 33.1 Å². The lowest BCUT2D eigenvalue weighted by Crippen LogP contribution is -2.37. The van der Waals surface area contributed by atoms with Gasteiger partial charge >= 0.3 is 0 Å². The highest BCUT2D eigenvalue weighted by molar-refractivity contribution is 9.10. The van der Waals surface area contributed by atoms with Gasteiger partial charge in [-0.2, -0.15) is 0 Å². The van der Waals surface area contributed by atoms with E-state index in [9.17, 15) is 0 Å². The largest absolute Gasteiger partial charge is 0.493 e. The van der Waals surface area contributed by atoms with Crippen molar-refractivity contribution in [3.05, 3.63) is 22.2 Å². The number of morpholine rings is 1. The molecule has 0 aromatic heterocycles. The Morgan fingerprint density at radius 3 is 2.79 bits per heavy atom. The van der Waals surface area contributed by atoms with Crippen LogP contribution in [0.1, 0.15) is 25.3 Å². The van der Waals surface area contributed by atoms with E-state index in [1.54, 1.807) is 7.11 Å². The van der Waals surface area contributed by atoms with E-state index in [4.69, 9.17) is 14.2 Å². The summed E-state index contributed by atoms with van der Waals surface area (Å²) in [5.74, 6) is 1.63. The van der Waals surface area contributed by atoms with Gasteiger partial charge in [0.05, 0.1) is 26.9 Å². The van der Waals surface area contributed by atoms with Crippen LogP contribution in [-0.4, -0.2) is 58.0 Å². The minimum absolute atomic E-state index is 0.691. The lowest BCUT2D eigenvalue weighted by molar-refractivity contribution is 0.0374. The molecule has 0 amide bonds. The van der Waals surface area contributed by atoms with Gasteiger partial charge in [-0.3, -0.25) is 4.90 Å². The molecule has 1 N–H and O–H groups in total. The summed E-state index contributed by atoms with van der Waals surface area (Å²) < 4.78 is 17.8. The van der Waals surface area contributed by atoms with Crippen molar-refractivity contribution in [2.75, 3.05) is 53.1 Å². The van der Waals surface area contributed by atoms with Gasteiger partial charge in [0.15, 0.2) is 11.5 Å². The third kappa shape index (κ3) is 5.92. The average molecular weight is 401 g/mol. The number of ether oxygens (including phenoxy) is 3. The van der Waals surface area contributed by atoms with Gasteiger partial charge in [0.25, 0.3) is 0 Å². The van der Waals surface area contributed by atoms with Crippen molar-refractivity contribution < 1.29 is 14.2 Å². The Labute approximate surface area is 153 Å². The summed E-state index contributed by atoms with van der Waals surface area (Å²) in [5.41, 5.74) is 1.12. The molecule has 1 aliphatic rings. The minimum atomic E-state index is 0.691. The first kappa shape index (κ1) is 19.5. The zero-order chi connectivity index (χ0) is 17.2.